The maximum atomic E-state index is 13.9. The predicted octanol–water partition coefficient (Wildman–Crippen LogP) is 4.93. The monoisotopic (exact) mass is 571 g/mol. The molecule has 1 aliphatic carbocycles. The van der Waals surface area contributed by atoms with Gasteiger partial charge in [0.25, 0.3) is 5.91 Å². The molecule has 1 unspecified atom stereocenters. The fraction of sp³-hybridized carbons (Fsp3) is 0.600. The molecule has 1 aromatic carbocycles. The number of alkyl halides is 3. The van der Waals surface area contributed by atoms with Gasteiger partial charge in [0.1, 0.15) is 6.04 Å². The molecule has 4 heterocycles. The zero-order valence-electron chi connectivity index (χ0n) is 23.3. The number of carbonyl (C=O) groups is 3. The van der Waals surface area contributed by atoms with E-state index >= 15 is 0 Å². The zero-order chi connectivity index (χ0) is 28.9. The minimum absolute atomic E-state index is 0.00844. The number of carbonyl (C=O) groups excluding carboxylic acids is 3. The molecule has 0 spiro atoms. The highest BCUT2D eigenvalue weighted by Gasteiger charge is 2.42. The van der Waals surface area contributed by atoms with Crippen LogP contribution in [-0.2, 0) is 15.8 Å². The summed E-state index contributed by atoms with van der Waals surface area (Å²) in [4.78, 5) is 44.2. The van der Waals surface area contributed by atoms with Crippen LogP contribution in [0.4, 0.5) is 13.2 Å². The number of hydrogen-bond donors (Lipinski definition) is 0. The SMILES string of the molecule is CC(=O)N1CCC[C@H]1C(=O)N1CCC(n2ncc(C(=O)N3CCCC3c3ccccc3C(F)(F)F)c2C2CC2)CC1. The number of rotatable bonds is 5. The van der Waals surface area contributed by atoms with Gasteiger partial charge < -0.3 is 14.7 Å². The van der Waals surface area contributed by atoms with Crippen molar-refractivity contribution < 1.29 is 27.6 Å². The Labute approximate surface area is 237 Å². The van der Waals surface area contributed by atoms with Crippen LogP contribution in [0.3, 0.4) is 0 Å². The van der Waals surface area contributed by atoms with E-state index in [1.165, 1.54) is 19.1 Å². The first-order valence-corrected chi connectivity index (χ1v) is 14.8. The average molecular weight is 572 g/mol. The molecule has 3 saturated heterocycles. The molecule has 4 aliphatic rings. The number of likely N-dealkylation sites (tertiary alicyclic amines) is 3. The number of amides is 3. The first kappa shape index (κ1) is 27.8. The highest BCUT2D eigenvalue weighted by Crippen LogP contribution is 2.45. The van der Waals surface area contributed by atoms with Crippen molar-refractivity contribution in [1.29, 1.82) is 0 Å². The molecule has 41 heavy (non-hydrogen) atoms. The number of halogens is 3. The van der Waals surface area contributed by atoms with Crippen LogP contribution in [0, 0.1) is 0 Å². The van der Waals surface area contributed by atoms with Crippen LogP contribution >= 0.6 is 0 Å². The van der Waals surface area contributed by atoms with Gasteiger partial charge in [0, 0.05) is 39.0 Å². The molecule has 11 heteroatoms. The summed E-state index contributed by atoms with van der Waals surface area (Å²) >= 11 is 0. The Morgan fingerprint density at radius 1 is 0.878 bits per heavy atom. The molecule has 3 amide bonds. The lowest BCUT2D eigenvalue weighted by molar-refractivity contribution is -0.143. The third-order valence-corrected chi connectivity index (χ3v) is 9.23. The fourth-order valence-corrected chi connectivity index (χ4v) is 7.07. The molecular weight excluding hydrogens is 535 g/mol. The summed E-state index contributed by atoms with van der Waals surface area (Å²) in [5.41, 5.74) is 0.834. The second-order valence-corrected chi connectivity index (χ2v) is 11.8. The molecule has 0 N–H and O–H groups in total. The van der Waals surface area contributed by atoms with Gasteiger partial charge in [-0.2, -0.15) is 18.3 Å². The highest BCUT2D eigenvalue weighted by molar-refractivity contribution is 5.96. The van der Waals surface area contributed by atoms with Gasteiger partial charge in [-0.3, -0.25) is 19.1 Å². The quantitative estimate of drug-likeness (QED) is 0.510. The van der Waals surface area contributed by atoms with Crippen LogP contribution < -0.4 is 0 Å². The number of hydrogen-bond acceptors (Lipinski definition) is 4. The Bertz CT molecular complexity index is 1330. The third kappa shape index (κ3) is 5.23. The lowest BCUT2D eigenvalue weighted by Crippen LogP contribution is -2.49. The van der Waals surface area contributed by atoms with Crippen LogP contribution in [0.15, 0.2) is 30.5 Å². The summed E-state index contributed by atoms with van der Waals surface area (Å²) in [7, 11) is 0. The summed E-state index contributed by atoms with van der Waals surface area (Å²) in [6, 6.07) is 4.58. The van der Waals surface area contributed by atoms with Crippen LogP contribution in [0.1, 0.15) is 103 Å². The molecule has 2 atom stereocenters. The third-order valence-electron chi connectivity index (χ3n) is 9.23. The summed E-state index contributed by atoms with van der Waals surface area (Å²) < 4.78 is 43.4. The fourth-order valence-electron chi connectivity index (χ4n) is 7.07. The van der Waals surface area contributed by atoms with Gasteiger partial charge in [0.05, 0.1) is 35.1 Å². The van der Waals surface area contributed by atoms with Gasteiger partial charge in [-0.15, -0.1) is 0 Å². The van der Waals surface area contributed by atoms with Crippen molar-refractivity contribution in [2.24, 2.45) is 0 Å². The van der Waals surface area contributed by atoms with E-state index in [4.69, 9.17) is 0 Å². The first-order chi connectivity index (χ1) is 19.6. The number of nitrogens with zero attached hydrogens (tertiary/aromatic N) is 5. The van der Waals surface area contributed by atoms with E-state index in [1.807, 2.05) is 9.58 Å². The standard InChI is InChI=1S/C30H36F3N5O3/c1-19(39)36-14-5-9-26(36)29(41)35-16-12-21(13-17-35)38-27(20-10-11-20)23(18-34-38)28(40)37-15-4-8-25(37)22-6-2-3-7-24(22)30(31,32)33/h2-3,6-7,18,20-21,25-26H,4-5,8-17H2,1H3/t25?,26-/m0/s1. The van der Waals surface area contributed by atoms with Crippen LogP contribution in [-0.4, -0.2) is 74.4 Å². The van der Waals surface area contributed by atoms with Gasteiger partial charge in [0.2, 0.25) is 11.8 Å². The summed E-state index contributed by atoms with van der Waals surface area (Å²) in [5.74, 6) is -0.104. The summed E-state index contributed by atoms with van der Waals surface area (Å²) in [6.07, 6.45) is 3.05. The lowest BCUT2D eigenvalue weighted by Gasteiger charge is -2.36. The van der Waals surface area contributed by atoms with Crippen molar-refractivity contribution >= 4 is 17.7 Å². The number of aromatic nitrogens is 2. The zero-order valence-corrected chi connectivity index (χ0v) is 23.3. The Hall–Kier alpha value is -3.37. The molecule has 6 rings (SSSR count). The molecule has 220 valence electrons. The van der Waals surface area contributed by atoms with E-state index in [0.29, 0.717) is 63.8 Å². The average Bonchev–Trinajstić information content (AvgIpc) is 3.35. The topological polar surface area (TPSA) is 78.8 Å². The van der Waals surface area contributed by atoms with Crippen molar-refractivity contribution in [3.05, 3.63) is 52.8 Å². The minimum atomic E-state index is -4.49. The molecule has 0 bridgehead atoms. The number of benzene rings is 1. The van der Waals surface area contributed by atoms with Crippen molar-refractivity contribution in [1.82, 2.24) is 24.5 Å². The lowest BCUT2D eigenvalue weighted by atomic mass is 9.97. The maximum Gasteiger partial charge on any atom is 0.416 e. The van der Waals surface area contributed by atoms with E-state index in [9.17, 15) is 27.6 Å². The normalized spacial score (nSPS) is 23.9. The van der Waals surface area contributed by atoms with E-state index < -0.39 is 17.8 Å². The van der Waals surface area contributed by atoms with E-state index in [2.05, 4.69) is 5.10 Å². The second kappa shape index (κ2) is 10.8. The van der Waals surface area contributed by atoms with Gasteiger partial charge >= 0.3 is 6.18 Å². The van der Waals surface area contributed by atoms with Crippen LogP contribution in [0.5, 0.6) is 0 Å². The Morgan fingerprint density at radius 3 is 2.24 bits per heavy atom. The molecule has 1 aromatic heterocycles. The van der Waals surface area contributed by atoms with Gasteiger partial charge in [-0.05, 0) is 63.0 Å². The van der Waals surface area contributed by atoms with Gasteiger partial charge in [0.15, 0.2) is 0 Å². The van der Waals surface area contributed by atoms with E-state index in [-0.39, 0.29) is 41.3 Å². The van der Waals surface area contributed by atoms with E-state index in [1.54, 1.807) is 22.1 Å². The van der Waals surface area contributed by atoms with Crippen LogP contribution in [0.25, 0.3) is 0 Å². The Balaban J connectivity index is 1.19. The molecule has 1 saturated carbocycles. The largest absolute Gasteiger partial charge is 0.416 e. The molecule has 8 nitrogen and oxygen atoms in total. The van der Waals surface area contributed by atoms with Crippen molar-refractivity contribution in [2.45, 2.75) is 88.5 Å². The first-order valence-electron chi connectivity index (χ1n) is 14.8. The van der Waals surface area contributed by atoms with Crippen molar-refractivity contribution in [3.8, 4) is 0 Å². The molecule has 2 aromatic rings. The Kier molecular flexibility index (Phi) is 7.32. The van der Waals surface area contributed by atoms with Crippen molar-refractivity contribution in [2.75, 3.05) is 26.2 Å². The summed E-state index contributed by atoms with van der Waals surface area (Å²) in [5, 5.41) is 4.66. The minimum Gasteiger partial charge on any atom is -0.341 e. The smallest absolute Gasteiger partial charge is 0.341 e. The van der Waals surface area contributed by atoms with Crippen LogP contribution in [0.2, 0.25) is 0 Å². The van der Waals surface area contributed by atoms with Crippen molar-refractivity contribution in [3.63, 3.8) is 0 Å². The molecular formula is C30H36F3N5O3. The molecule has 3 aliphatic heterocycles. The second-order valence-electron chi connectivity index (χ2n) is 11.8. The molecule has 4 fully saturated rings. The van der Waals surface area contributed by atoms with Gasteiger partial charge in [-0.25, -0.2) is 0 Å². The number of piperidine rings is 1. The maximum absolute atomic E-state index is 13.9. The Morgan fingerprint density at radius 2 is 1.56 bits per heavy atom. The molecule has 0 radical (unpaired) electrons. The summed E-state index contributed by atoms with van der Waals surface area (Å²) in [6.45, 7) is 3.65. The predicted molar refractivity (Wildman–Crippen MR) is 144 cm³/mol. The highest BCUT2D eigenvalue weighted by atomic mass is 19.4. The van der Waals surface area contributed by atoms with Gasteiger partial charge in [-0.1, -0.05) is 18.2 Å². The van der Waals surface area contributed by atoms with E-state index in [0.717, 1.165) is 31.0 Å².